The lowest BCUT2D eigenvalue weighted by Gasteiger charge is -2.28. The Morgan fingerprint density at radius 2 is 2.00 bits per heavy atom. The van der Waals surface area contributed by atoms with Gasteiger partial charge < -0.3 is 10.8 Å². The van der Waals surface area contributed by atoms with Gasteiger partial charge in [0, 0.05) is 6.04 Å². The SMILES string of the molecule is Nc1ccc(S(=O)(=O)N[C@H]2CCCC[C@@H]2O)cc1F. The Morgan fingerprint density at radius 3 is 2.63 bits per heavy atom. The number of aliphatic hydroxyl groups excluding tert-OH is 1. The van der Waals surface area contributed by atoms with E-state index in [1.807, 2.05) is 0 Å². The van der Waals surface area contributed by atoms with Crippen molar-refractivity contribution in [1.29, 1.82) is 0 Å². The first-order valence-electron chi connectivity index (χ1n) is 6.15. The van der Waals surface area contributed by atoms with E-state index >= 15 is 0 Å². The van der Waals surface area contributed by atoms with Crippen molar-refractivity contribution >= 4 is 15.7 Å². The first kappa shape index (κ1) is 14.2. The number of sulfonamides is 1. The Kier molecular flexibility index (Phi) is 4.07. The van der Waals surface area contributed by atoms with Crippen LogP contribution >= 0.6 is 0 Å². The van der Waals surface area contributed by atoms with E-state index < -0.39 is 28.0 Å². The zero-order valence-corrected chi connectivity index (χ0v) is 11.2. The van der Waals surface area contributed by atoms with Gasteiger partial charge in [-0.3, -0.25) is 0 Å². The van der Waals surface area contributed by atoms with E-state index in [1.54, 1.807) is 0 Å². The number of hydrogen-bond donors (Lipinski definition) is 3. The summed E-state index contributed by atoms with van der Waals surface area (Å²) in [6.45, 7) is 0. The van der Waals surface area contributed by atoms with Gasteiger partial charge in [0.2, 0.25) is 10.0 Å². The van der Waals surface area contributed by atoms with Crippen LogP contribution in [0.1, 0.15) is 25.7 Å². The Morgan fingerprint density at radius 1 is 1.32 bits per heavy atom. The molecule has 1 aliphatic carbocycles. The number of benzene rings is 1. The van der Waals surface area contributed by atoms with E-state index in [2.05, 4.69) is 4.72 Å². The Labute approximate surface area is 111 Å². The normalized spacial score (nSPS) is 24.3. The zero-order valence-electron chi connectivity index (χ0n) is 10.3. The first-order valence-corrected chi connectivity index (χ1v) is 7.64. The fourth-order valence-corrected chi connectivity index (χ4v) is 3.51. The van der Waals surface area contributed by atoms with Gasteiger partial charge in [-0.05, 0) is 31.0 Å². The summed E-state index contributed by atoms with van der Waals surface area (Å²) in [5.41, 5.74) is 5.21. The highest BCUT2D eigenvalue weighted by Gasteiger charge is 2.28. The monoisotopic (exact) mass is 288 g/mol. The molecule has 0 aromatic heterocycles. The maximum Gasteiger partial charge on any atom is 0.241 e. The summed E-state index contributed by atoms with van der Waals surface area (Å²) >= 11 is 0. The van der Waals surface area contributed by atoms with Crippen LogP contribution < -0.4 is 10.5 Å². The van der Waals surface area contributed by atoms with Crippen LogP contribution in [-0.4, -0.2) is 25.7 Å². The minimum Gasteiger partial charge on any atom is -0.396 e. The van der Waals surface area contributed by atoms with Gasteiger partial charge in [0.05, 0.1) is 16.7 Å². The molecular formula is C12H17FN2O3S. The molecule has 0 amide bonds. The molecule has 0 unspecified atom stereocenters. The van der Waals surface area contributed by atoms with Crippen LogP contribution in [0.4, 0.5) is 10.1 Å². The molecule has 0 aliphatic heterocycles. The van der Waals surface area contributed by atoms with Crippen molar-refractivity contribution in [2.45, 2.75) is 42.7 Å². The predicted molar refractivity (Wildman–Crippen MR) is 69.4 cm³/mol. The molecule has 1 aliphatic rings. The fourth-order valence-electron chi connectivity index (χ4n) is 2.19. The maximum atomic E-state index is 13.3. The predicted octanol–water partition coefficient (Wildman–Crippen LogP) is 0.990. The summed E-state index contributed by atoms with van der Waals surface area (Å²) in [7, 11) is -3.84. The average molecular weight is 288 g/mol. The van der Waals surface area contributed by atoms with Gasteiger partial charge in [0.25, 0.3) is 0 Å². The van der Waals surface area contributed by atoms with Gasteiger partial charge >= 0.3 is 0 Å². The molecular weight excluding hydrogens is 271 g/mol. The van der Waals surface area contributed by atoms with Crippen LogP contribution in [0.3, 0.4) is 0 Å². The lowest BCUT2D eigenvalue weighted by atomic mass is 9.93. The quantitative estimate of drug-likeness (QED) is 0.723. The molecule has 7 heteroatoms. The molecule has 2 rings (SSSR count). The molecule has 106 valence electrons. The Balaban J connectivity index is 2.19. The van der Waals surface area contributed by atoms with Gasteiger partial charge in [0.15, 0.2) is 0 Å². The second-order valence-corrected chi connectivity index (χ2v) is 6.48. The van der Waals surface area contributed by atoms with E-state index in [0.717, 1.165) is 18.9 Å². The number of nitrogen functional groups attached to an aromatic ring is 1. The van der Waals surface area contributed by atoms with Gasteiger partial charge in [-0.25, -0.2) is 17.5 Å². The highest BCUT2D eigenvalue weighted by molar-refractivity contribution is 7.89. The topological polar surface area (TPSA) is 92.4 Å². The second kappa shape index (κ2) is 5.44. The van der Waals surface area contributed by atoms with Crippen LogP contribution in [0.15, 0.2) is 23.1 Å². The molecule has 5 nitrogen and oxygen atoms in total. The van der Waals surface area contributed by atoms with Crippen molar-refractivity contribution in [3.8, 4) is 0 Å². The molecule has 0 bridgehead atoms. The lowest BCUT2D eigenvalue weighted by molar-refractivity contribution is 0.101. The van der Waals surface area contributed by atoms with Gasteiger partial charge in [0.1, 0.15) is 5.82 Å². The number of hydrogen-bond acceptors (Lipinski definition) is 4. The summed E-state index contributed by atoms with van der Waals surface area (Å²) in [6.07, 6.45) is 2.21. The second-order valence-electron chi connectivity index (χ2n) is 4.76. The van der Waals surface area contributed by atoms with Gasteiger partial charge in [-0.1, -0.05) is 12.8 Å². The zero-order chi connectivity index (χ0) is 14.0. The molecule has 2 atom stereocenters. The summed E-state index contributed by atoms with van der Waals surface area (Å²) in [6, 6.07) is 2.82. The standard InChI is InChI=1S/C12H17FN2O3S/c13-9-7-8(5-6-10(9)14)19(17,18)15-11-3-1-2-4-12(11)16/h5-7,11-12,15-16H,1-4,14H2/t11-,12-/m0/s1. The average Bonchev–Trinajstić information content (AvgIpc) is 2.35. The highest BCUT2D eigenvalue weighted by Crippen LogP contribution is 2.22. The van der Waals surface area contributed by atoms with Crippen molar-refractivity contribution in [3.63, 3.8) is 0 Å². The van der Waals surface area contributed by atoms with Crippen LogP contribution in [0.2, 0.25) is 0 Å². The van der Waals surface area contributed by atoms with Gasteiger partial charge in [-0.15, -0.1) is 0 Å². The molecule has 1 fully saturated rings. The maximum absolute atomic E-state index is 13.3. The van der Waals surface area contributed by atoms with Crippen LogP contribution in [0.5, 0.6) is 0 Å². The number of aliphatic hydroxyl groups is 1. The third-order valence-electron chi connectivity index (χ3n) is 3.32. The number of nitrogens with two attached hydrogens (primary N) is 1. The molecule has 1 aromatic carbocycles. The number of anilines is 1. The van der Waals surface area contributed by atoms with Gasteiger partial charge in [-0.2, -0.15) is 0 Å². The fraction of sp³-hybridized carbons (Fsp3) is 0.500. The summed E-state index contributed by atoms with van der Waals surface area (Å²) in [4.78, 5) is -0.183. The smallest absolute Gasteiger partial charge is 0.241 e. The van der Waals surface area contributed by atoms with E-state index in [0.29, 0.717) is 12.8 Å². The molecule has 19 heavy (non-hydrogen) atoms. The molecule has 0 radical (unpaired) electrons. The molecule has 1 saturated carbocycles. The molecule has 4 N–H and O–H groups in total. The molecule has 0 heterocycles. The van der Waals surface area contributed by atoms with Crippen LogP contribution in [0.25, 0.3) is 0 Å². The number of nitrogens with one attached hydrogen (secondary N) is 1. The van der Waals surface area contributed by atoms with Crippen molar-refractivity contribution < 1.29 is 17.9 Å². The minimum atomic E-state index is -3.84. The Bertz CT molecular complexity index is 562. The Hall–Kier alpha value is -1.18. The van der Waals surface area contributed by atoms with Crippen LogP contribution in [0, 0.1) is 5.82 Å². The largest absolute Gasteiger partial charge is 0.396 e. The van der Waals surface area contributed by atoms with E-state index in [4.69, 9.17) is 5.73 Å². The summed E-state index contributed by atoms with van der Waals surface area (Å²) in [5.74, 6) is -0.771. The third kappa shape index (κ3) is 3.23. The van der Waals surface area contributed by atoms with Crippen molar-refractivity contribution in [2.75, 3.05) is 5.73 Å². The van der Waals surface area contributed by atoms with Crippen LogP contribution in [-0.2, 0) is 10.0 Å². The molecule has 0 spiro atoms. The van der Waals surface area contributed by atoms with Crippen molar-refractivity contribution in [3.05, 3.63) is 24.0 Å². The van der Waals surface area contributed by atoms with Crippen molar-refractivity contribution in [1.82, 2.24) is 4.72 Å². The highest BCUT2D eigenvalue weighted by atomic mass is 32.2. The van der Waals surface area contributed by atoms with E-state index in [1.165, 1.54) is 12.1 Å². The van der Waals surface area contributed by atoms with E-state index in [9.17, 15) is 17.9 Å². The van der Waals surface area contributed by atoms with E-state index in [-0.39, 0.29) is 10.6 Å². The van der Waals surface area contributed by atoms with Crippen molar-refractivity contribution in [2.24, 2.45) is 0 Å². The third-order valence-corrected chi connectivity index (χ3v) is 4.81. The molecule has 0 saturated heterocycles. The summed E-state index contributed by atoms with van der Waals surface area (Å²) < 4.78 is 39.9. The summed E-state index contributed by atoms with van der Waals surface area (Å²) in [5, 5.41) is 9.76. The molecule has 1 aromatic rings. The minimum absolute atomic E-state index is 0.100. The number of rotatable bonds is 3. The number of halogens is 1. The lowest BCUT2D eigenvalue weighted by Crippen LogP contribution is -2.44. The first-order chi connectivity index (χ1) is 8.90.